The predicted molar refractivity (Wildman–Crippen MR) is 52.9 cm³/mol. The number of amides is 3. The van der Waals surface area contributed by atoms with E-state index in [9.17, 15) is 9.59 Å². The number of hydrogen-bond donors (Lipinski definition) is 3. The van der Waals surface area contributed by atoms with Crippen LogP contribution in [0.2, 0.25) is 0 Å². The lowest BCUT2D eigenvalue weighted by Crippen LogP contribution is -2.46. The average molecular weight is 209 g/mol. The minimum Gasteiger partial charge on any atom is -0.459 e. The van der Waals surface area contributed by atoms with E-state index in [4.69, 9.17) is 4.42 Å². The molecule has 0 bridgehead atoms. The van der Waals surface area contributed by atoms with Gasteiger partial charge in [-0.1, -0.05) is 6.08 Å². The highest BCUT2D eigenvalue weighted by molar-refractivity contribution is 5.92. The predicted octanol–water partition coefficient (Wildman–Crippen LogP) is 0.410. The Kier molecular flexibility index (Phi) is 3.96. The van der Waals surface area contributed by atoms with Crippen LogP contribution in [-0.4, -0.2) is 18.5 Å². The van der Waals surface area contributed by atoms with Crippen LogP contribution in [0, 0.1) is 0 Å². The molecule has 3 N–H and O–H groups in total. The van der Waals surface area contributed by atoms with Gasteiger partial charge in [0.15, 0.2) is 5.76 Å². The van der Waals surface area contributed by atoms with E-state index in [0.29, 0.717) is 6.54 Å². The number of hydrogen-bond acceptors (Lipinski definition) is 3. The molecule has 0 saturated carbocycles. The molecule has 1 aromatic rings. The second-order valence-corrected chi connectivity index (χ2v) is 2.56. The first-order valence-corrected chi connectivity index (χ1v) is 4.22. The van der Waals surface area contributed by atoms with Gasteiger partial charge in [0, 0.05) is 6.54 Å². The maximum atomic E-state index is 11.2. The smallest absolute Gasteiger partial charge is 0.333 e. The maximum Gasteiger partial charge on any atom is 0.333 e. The lowest BCUT2D eigenvalue weighted by molar-refractivity contribution is 0.0908. The summed E-state index contributed by atoms with van der Waals surface area (Å²) in [5, 5.41) is 2.42. The zero-order valence-electron chi connectivity index (χ0n) is 7.95. The molecule has 0 aromatic carbocycles. The highest BCUT2D eigenvalue weighted by Gasteiger charge is 2.08. The Morgan fingerprint density at radius 2 is 2.27 bits per heavy atom. The molecule has 0 atom stereocenters. The standard InChI is InChI=1S/C9H11N3O3/c1-2-5-10-9(14)12-11-8(13)7-4-3-6-15-7/h2-4,6H,1,5H2,(H,11,13)(H2,10,12,14). The van der Waals surface area contributed by atoms with E-state index in [0.717, 1.165) is 0 Å². The number of nitrogens with one attached hydrogen (secondary N) is 3. The Hall–Kier alpha value is -2.24. The number of carbonyl (C=O) groups excluding carboxylic acids is 2. The number of hydrazine groups is 1. The first kappa shape index (κ1) is 10.8. The molecule has 1 rings (SSSR count). The molecule has 0 aliphatic carbocycles. The molecule has 0 aliphatic rings. The Morgan fingerprint density at radius 1 is 1.47 bits per heavy atom. The third kappa shape index (κ3) is 3.55. The van der Waals surface area contributed by atoms with Crippen molar-refractivity contribution in [1.82, 2.24) is 16.2 Å². The fourth-order valence-electron chi connectivity index (χ4n) is 0.792. The number of furan rings is 1. The van der Waals surface area contributed by atoms with Gasteiger partial charge in [0.1, 0.15) is 0 Å². The summed E-state index contributed by atoms with van der Waals surface area (Å²) in [5.41, 5.74) is 4.31. The van der Waals surface area contributed by atoms with Gasteiger partial charge < -0.3 is 9.73 Å². The molecule has 3 amide bonds. The fourth-order valence-corrected chi connectivity index (χ4v) is 0.792. The summed E-state index contributed by atoms with van der Waals surface area (Å²) in [7, 11) is 0. The molecule has 0 saturated heterocycles. The summed E-state index contributed by atoms with van der Waals surface area (Å²) < 4.78 is 4.81. The Balaban J connectivity index is 2.28. The van der Waals surface area contributed by atoms with Crippen LogP contribution in [0.15, 0.2) is 35.5 Å². The van der Waals surface area contributed by atoms with Crippen LogP contribution < -0.4 is 16.2 Å². The minimum absolute atomic E-state index is 0.124. The monoisotopic (exact) mass is 209 g/mol. The number of carbonyl (C=O) groups is 2. The molecule has 6 heteroatoms. The number of rotatable bonds is 3. The van der Waals surface area contributed by atoms with E-state index in [-0.39, 0.29) is 5.76 Å². The third-order valence-corrected chi connectivity index (χ3v) is 1.44. The SMILES string of the molecule is C=CCNC(=O)NNC(=O)c1ccco1. The summed E-state index contributed by atoms with van der Waals surface area (Å²) in [6, 6.07) is 2.54. The molecule has 0 aliphatic heterocycles. The quantitative estimate of drug-likeness (QED) is 0.498. The summed E-state index contributed by atoms with van der Waals surface area (Å²) in [5.74, 6) is -0.396. The molecule has 80 valence electrons. The Bertz CT molecular complexity index is 345. The summed E-state index contributed by atoms with van der Waals surface area (Å²) in [6.45, 7) is 3.75. The zero-order chi connectivity index (χ0) is 11.1. The molecular weight excluding hydrogens is 198 g/mol. The summed E-state index contributed by atoms with van der Waals surface area (Å²) in [6.07, 6.45) is 2.89. The van der Waals surface area contributed by atoms with Crippen LogP contribution in [0.5, 0.6) is 0 Å². The van der Waals surface area contributed by atoms with Crippen molar-refractivity contribution in [2.75, 3.05) is 6.54 Å². The van der Waals surface area contributed by atoms with Gasteiger partial charge in [0.2, 0.25) is 0 Å². The Labute approximate surface area is 86.3 Å². The molecule has 6 nitrogen and oxygen atoms in total. The van der Waals surface area contributed by atoms with Crippen molar-refractivity contribution in [2.24, 2.45) is 0 Å². The molecule has 15 heavy (non-hydrogen) atoms. The van der Waals surface area contributed by atoms with Crippen molar-refractivity contribution in [3.63, 3.8) is 0 Å². The van der Waals surface area contributed by atoms with E-state index < -0.39 is 11.9 Å². The van der Waals surface area contributed by atoms with Crippen molar-refractivity contribution in [1.29, 1.82) is 0 Å². The van der Waals surface area contributed by atoms with E-state index in [1.54, 1.807) is 6.07 Å². The van der Waals surface area contributed by atoms with Crippen LogP contribution in [0.4, 0.5) is 4.79 Å². The van der Waals surface area contributed by atoms with Crippen LogP contribution in [0.1, 0.15) is 10.6 Å². The lowest BCUT2D eigenvalue weighted by Gasteiger charge is -2.05. The molecule has 0 unspecified atom stereocenters. The Morgan fingerprint density at radius 3 is 2.87 bits per heavy atom. The van der Waals surface area contributed by atoms with Crippen molar-refractivity contribution in [3.05, 3.63) is 36.8 Å². The molecule has 0 spiro atoms. The van der Waals surface area contributed by atoms with Gasteiger partial charge in [0.25, 0.3) is 0 Å². The molecule has 0 fully saturated rings. The zero-order valence-corrected chi connectivity index (χ0v) is 7.95. The number of urea groups is 1. The normalized spacial score (nSPS) is 9.07. The fraction of sp³-hybridized carbons (Fsp3) is 0.111. The van der Waals surface area contributed by atoms with Gasteiger partial charge in [0.05, 0.1) is 6.26 Å². The minimum atomic E-state index is -0.520. The van der Waals surface area contributed by atoms with Crippen LogP contribution in [0.25, 0.3) is 0 Å². The van der Waals surface area contributed by atoms with Crippen molar-refractivity contribution in [2.45, 2.75) is 0 Å². The van der Waals surface area contributed by atoms with Crippen LogP contribution in [0.3, 0.4) is 0 Å². The van der Waals surface area contributed by atoms with Crippen molar-refractivity contribution < 1.29 is 14.0 Å². The topological polar surface area (TPSA) is 83.4 Å². The second-order valence-electron chi connectivity index (χ2n) is 2.56. The third-order valence-electron chi connectivity index (χ3n) is 1.44. The first-order chi connectivity index (χ1) is 7.24. The highest BCUT2D eigenvalue weighted by Crippen LogP contribution is 1.97. The van der Waals surface area contributed by atoms with E-state index >= 15 is 0 Å². The van der Waals surface area contributed by atoms with Gasteiger partial charge in [-0.15, -0.1) is 6.58 Å². The first-order valence-electron chi connectivity index (χ1n) is 4.22. The van der Waals surface area contributed by atoms with Gasteiger partial charge in [-0.25, -0.2) is 10.2 Å². The molecular formula is C9H11N3O3. The molecule has 1 aromatic heterocycles. The largest absolute Gasteiger partial charge is 0.459 e. The maximum absolute atomic E-state index is 11.2. The van der Waals surface area contributed by atoms with Crippen LogP contribution >= 0.6 is 0 Å². The second kappa shape index (κ2) is 5.48. The van der Waals surface area contributed by atoms with Gasteiger partial charge in [-0.05, 0) is 12.1 Å². The van der Waals surface area contributed by atoms with Gasteiger partial charge in [-0.2, -0.15) is 0 Å². The van der Waals surface area contributed by atoms with Gasteiger partial charge >= 0.3 is 11.9 Å². The van der Waals surface area contributed by atoms with E-state index in [1.807, 2.05) is 0 Å². The van der Waals surface area contributed by atoms with Crippen molar-refractivity contribution in [3.8, 4) is 0 Å². The van der Waals surface area contributed by atoms with Crippen molar-refractivity contribution >= 4 is 11.9 Å². The lowest BCUT2D eigenvalue weighted by atomic mass is 10.4. The van der Waals surface area contributed by atoms with E-state index in [1.165, 1.54) is 18.4 Å². The highest BCUT2D eigenvalue weighted by atomic mass is 16.3. The van der Waals surface area contributed by atoms with E-state index in [2.05, 4.69) is 22.7 Å². The average Bonchev–Trinajstić information content (AvgIpc) is 2.76. The summed E-state index contributed by atoms with van der Waals surface area (Å²) in [4.78, 5) is 22.2. The van der Waals surface area contributed by atoms with Crippen LogP contribution in [-0.2, 0) is 0 Å². The summed E-state index contributed by atoms with van der Waals surface area (Å²) >= 11 is 0. The van der Waals surface area contributed by atoms with Gasteiger partial charge in [-0.3, -0.25) is 10.2 Å². The molecule has 0 radical (unpaired) electrons. The molecule has 1 heterocycles.